The molecule has 0 saturated carbocycles. The van der Waals surface area contributed by atoms with Crippen molar-refractivity contribution in [2.75, 3.05) is 0 Å². The van der Waals surface area contributed by atoms with Crippen LogP contribution in [0.1, 0.15) is 0 Å². The van der Waals surface area contributed by atoms with Crippen molar-refractivity contribution in [3.05, 3.63) is 49.3 Å². The predicted octanol–water partition coefficient (Wildman–Crippen LogP) is 1.44. The molecule has 18 heavy (non-hydrogen) atoms. The summed E-state index contributed by atoms with van der Waals surface area (Å²) >= 11 is 0. The Balaban J connectivity index is 2.13. The molecule has 0 N–H and O–H groups in total. The zero-order chi connectivity index (χ0) is 11.9. The zero-order valence-electron chi connectivity index (χ0n) is 9.30. The number of nitrogens with zero attached hydrogens (tertiary/aromatic N) is 6. The molecule has 0 aliphatic rings. The van der Waals surface area contributed by atoms with Crippen LogP contribution in [0.15, 0.2) is 49.3 Å². The molecule has 0 fully saturated rings. The highest BCUT2D eigenvalue weighted by molar-refractivity contribution is 5.72. The van der Waals surface area contributed by atoms with Gasteiger partial charge in [0, 0.05) is 24.8 Å². The Kier molecular flexibility index (Phi) is 1.74. The molecule has 4 aromatic heterocycles. The van der Waals surface area contributed by atoms with Crippen molar-refractivity contribution in [2.45, 2.75) is 0 Å². The lowest BCUT2D eigenvalue weighted by Gasteiger charge is -2.05. The number of fused-ring (bicyclic) bond motifs is 2. The van der Waals surface area contributed by atoms with Gasteiger partial charge < -0.3 is 4.40 Å². The van der Waals surface area contributed by atoms with Crippen LogP contribution in [0.25, 0.3) is 22.7 Å². The molecule has 0 unspecified atom stereocenters. The second-order valence-electron chi connectivity index (χ2n) is 3.90. The van der Waals surface area contributed by atoms with Crippen molar-refractivity contribution in [2.24, 2.45) is 0 Å². The van der Waals surface area contributed by atoms with Crippen LogP contribution in [-0.2, 0) is 0 Å². The maximum atomic E-state index is 4.42. The standard InChI is InChI=1S/C12H8N6/c1-2-9(18-8-15-16-10(18)3-1)11-12-14-5-7-17(12)6-4-13-11/h1-8H. The molecule has 0 aliphatic carbocycles. The van der Waals surface area contributed by atoms with Crippen molar-refractivity contribution in [1.82, 2.24) is 29.0 Å². The average molecular weight is 236 g/mol. The van der Waals surface area contributed by atoms with Crippen LogP contribution in [0.2, 0.25) is 0 Å². The summed E-state index contributed by atoms with van der Waals surface area (Å²) in [7, 11) is 0. The van der Waals surface area contributed by atoms with E-state index in [-0.39, 0.29) is 0 Å². The third kappa shape index (κ3) is 1.17. The van der Waals surface area contributed by atoms with Gasteiger partial charge in [0.2, 0.25) is 0 Å². The summed E-state index contributed by atoms with van der Waals surface area (Å²) in [5.41, 5.74) is 3.35. The van der Waals surface area contributed by atoms with Gasteiger partial charge in [0.05, 0.1) is 5.69 Å². The van der Waals surface area contributed by atoms with Crippen LogP contribution in [0.4, 0.5) is 0 Å². The fourth-order valence-corrected chi connectivity index (χ4v) is 2.08. The number of pyridine rings is 1. The van der Waals surface area contributed by atoms with E-state index in [1.165, 1.54) is 0 Å². The fraction of sp³-hybridized carbons (Fsp3) is 0. The molecule has 0 aromatic carbocycles. The van der Waals surface area contributed by atoms with Gasteiger partial charge in [-0.1, -0.05) is 6.07 Å². The van der Waals surface area contributed by atoms with Gasteiger partial charge in [-0.05, 0) is 12.1 Å². The van der Waals surface area contributed by atoms with E-state index >= 15 is 0 Å². The first kappa shape index (κ1) is 9.29. The van der Waals surface area contributed by atoms with E-state index in [0.29, 0.717) is 0 Å². The zero-order valence-corrected chi connectivity index (χ0v) is 9.30. The minimum atomic E-state index is 0.794. The molecular weight excluding hydrogens is 228 g/mol. The van der Waals surface area contributed by atoms with E-state index in [2.05, 4.69) is 20.2 Å². The van der Waals surface area contributed by atoms with E-state index in [4.69, 9.17) is 0 Å². The van der Waals surface area contributed by atoms with Crippen molar-refractivity contribution in [3.8, 4) is 11.4 Å². The molecule has 0 atom stereocenters. The fourth-order valence-electron chi connectivity index (χ4n) is 2.08. The second kappa shape index (κ2) is 3.36. The monoisotopic (exact) mass is 236 g/mol. The van der Waals surface area contributed by atoms with E-state index < -0.39 is 0 Å². The van der Waals surface area contributed by atoms with E-state index in [9.17, 15) is 0 Å². The second-order valence-corrected chi connectivity index (χ2v) is 3.90. The third-order valence-electron chi connectivity index (χ3n) is 2.89. The number of imidazole rings is 1. The maximum Gasteiger partial charge on any atom is 0.165 e. The lowest BCUT2D eigenvalue weighted by molar-refractivity contribution is 1.08. The smallest absolute Gasteiger partial charge is 0.165 e. The topological polar surface area (TPSA) is 60.4 Å². The van der Waals surface area contributed by atoms with E-state index in [1.807, 2.05) is 39.4 Å². The lowest BCUT2D eigenvalue weighted by atomic mass is 10.2. The van der Waals surface area contributed by atoms with Gasteiger partial charge in [-0.15, -0.1) is 10.2 Å². The van der Waals surface area contributed by atoms with Crippen LogP contribution in [0.5, 0.6) is 0 Å². The summed E-state index contributed by atoms with van der Waals surface area (Å²) in [4.78, 5) is 8.75. The normalized spacial score (nSPS) is 11.3. The molecule has 4 aromatic rings. The lowest BCUT2D eigenvalue weighted by Crippen LogP contribution is -1.96. The van der Waals surface area contributed by atoms with Crippen LogP contribution in [0, 0.1) is 0 Å². The SMILES string of the molecule is c1cc(-c2nccn3ccnc23)n2cnnc2c1. The first-order chi connectivity index (χ1) is 8.93. The van der Waals surface area contributed by atoms with Gasteiger partial charge in [0.25, 0.3) is 0 Å². The Labute approximate surface area is 102 Å². The van der Waals surface area contributed by atoms with Gasteiger partial charge in [-0.2, -0.15) is 0 Å². The summed E-state index contributed by atoms with van der Waals surface area (Å²) in [6, 6.07) is 5.82. The van der Waals surface area contributed by atoms with Gasteiger partial charge in [0.1, 0.15) is 12.0 Å². The number of rotatable bonds is 1. The Morgan fingerprint density at radius 3 is 2.83 bits per heavy atom. The van der Waals surface area contributed by atoms with Crippen LogP contribution in [-0.4, -0.2) is 29.0 Å². The molecule has 6 nitrogen and oxygen atoms in total. The minimum absolute atomic E-state index is 0.794. The summed E-state index contributed by atoms with van der Waals surface area (Å²) in [6.07, 6.45) is 8.96. The van der Waals surface area contributed by atoms with Crippen LogP contribution in [0.3, 0.4) is 0 Å². The van der Waals surface area contributed by atoms with Gasteiger partial charge >= 0.3 is 0 Å². The van der Waals surface area contributed by atoms with Crippen molar-refractivity contribution in [1.29, 1.82) is 0 Å². The molecule has 0 radical (unpaired) electrons. The van der Waals surface area contributed by atoms with Gasteiger partial charge in [-0.25, -0.2) is 9.97 Å². The molecule has 4 heterocycles. The molecule has 86 valence electrons. The molecule has 0 bridgehead atoms. The summed E-state index contributed by atoms with van der Waals surface area (Å²) in [6.45, 7) is 0. The Bertz CT molecular complexity index is 772. The molecule has 0 spiro atoms. The van der Waals surface area contributed by atoms with Crippen LogP contribution >= 0.6 is 0 Å². The van der Waals surface area contributed by atoms with Gasteiger partial charge in [0.15, 0.2) is 11.3 Å². The van der Waals surface area contributed by atoms with Crippen molar-refractivity contribution < 1.29 is 0 Å². The minimum Gasteiger partial charge on any atom is -0.304 e. The summed E-state index contributed by atoms with van der Waals surface area (Å²) < 4.78 is 3.84. The maximum absolute atomic E-state index is 4.42. The molecule has 0 saturated heterocycles. The first-order valence-corrected chi connectivity index (χ1v) is 5.50. The highest BCUT2D eigenvalue weighted by Gasteiger charge is 2.10. The largest absolute Gasteiger partial charge is 0.304 e. The average Bonchev–Trinajstić information content (AvgIpc) is 3.06. The van der Waals surface area contributed by atoms with E-state index in [0.717, 1.165) is 22.7 Å². The number of hydrogen-bond donors (Lipinski definition) is 0. The van der Waals surface area contributed by atoms with Crippen molar-refractivity contribution >= 4 is 11.3 Å². The quantitative estimate of drug-likeness (QED) is 0.501. The molecule has 0 aliphatic heterocycles. The van der Waals surface area contributed by atoms with Gasteiger partial charge in [-0.3, -0.25) is 4.40 Å². The number of hydrogen-bond acceptors (Lipinski definition) is 4. The number of aromatic nitrogens is 6. The molecule has 4 rings (SSSR count). The summed E-state index contributed by atoms with van der Waals surface area (Å²) in [5.74, 6) is 0. The molecule has 6 heteroatoms. The first-order valence-electron chi connectivity index (χ1n) is 5.50. The summed E-state index contributed by atoms with van der Waals surface area (Å²) in [5, 5.41) is 7.94. The third-order valence-corrected chi connectivity index (χ3v) is 2.89. The highest BCUT2D eigenvalue weighted by Crippen LogP contribution is 2.21. The predicted molar refractivity (Wildman–Crippen MR) is 65.0 cm³/mol. The highest BCUT2D eigenvalue weighted by atomic mass is 15.2. The van der Waals surface area contributed by atoms with E-state index in [1.54, 1.807) is 18.7 Å². The Morgan fingerprint density at radius 1 is 1.00 bits per heavy atom. The Morgan fingerprint density at radius 2 is 1.89 bits per heavy atom. The van der Waals surface area contributed by atoms with Crippen molar-refractivity contribution in [3.63, 3.8) is 0 Å². The Hall–Kier alpha value is -2.76. The molecular formula is C12H8N6. The molecule has 0 amide bonds. The van der Waals surface area contributed by atoms with Crippen LogP contribution < -0.4 is 0 Å².